The molecule has 0 saturated carbocycles. The molecule has 7 aromatic carbocycles. The van der Waals surface area contributed by atoms with Crippen molar-refractivity contribution in [1.29, 1.82) is 0 Å². The molecule has 0 unspecified atom stereocenters. The summed E-state index contributed by atoms with van der Waals surface area (Å²) < 4.78 is 9.04. The number of benzene rings is 7. The molecule has 0 aliphatic carbocycles. The summed E-state index contributed by atoms with van der Waals surface area (Å²) in [6.07, 6.45) is 0. The number of fused-ring (bicyclic) bond motifs is 12. The van der Waals surface area contributed by atoms with Gasteiger partial charge in [0.2, 0.25) is 0 Å². The van der Waals surface area contributed by atoms with Crippen LogP contribution in [-0.2, 0) is 0 Å². The molecule has 11 rings (SSSR count). The topological polar surface area (TPSA) is 43.3 Å². The number of furan rings is 1. The minimum absolute atomic E-state index is 0.683. The van der Waals surface area contributed by atoms with E-state index in [0.29, 0.717) is 5.82 Å². The summed E-state index contributed by atoms with van der Waals surface area (Å²) in [7, 11) is 0. The van der Waals surface area contributed by atoms with E-state index in [4.69, 9.17) is 14.4 Å². The minimum atomic E-state index is 0.683. The van der Waals surface area contributed by atoms with Gasteiger partial charge >= 0.3 is 0 Å². The SMILES string of the molecule is c1ccc(-c2cc(-c3ccccc3)nc(-c3ccc4oc5ccc6ccc7c8cccc9c%10ccccc%10n(c98)c7c6c5c4c3)n2)cc1. The minimum Gasteiger partial charge on any atom is -0.456 e. The Balaban J connectivity index is 1.24. The van der Waals surface area contributed by atoms with Gasteiger partial charge in [0.1, 0.15) is 11.2 Å². The molecule has 0 amide bonds. The predicted molar refractivity (Wildman–Crippen MR) is 198 cm³/mol. The van der Waals surface area contributed by atoms with Crippen LogP contribution < -0.4 is 0 Å². The molecule has 4 aromatic heterocycles. The standard InChI is InChI=1S/C44H25N3O/c1-3-10-26(11-4-1)35-25-36(27-12-5-2-6-13-27)46-44(45-35)29-20-22-38-34(24-29)41-39(48-38)23-19-28-18-21-33-32-16-9-15-31-30-14-7-8-17-37(30)47(42(31)32)43(33)40(28)41/h1-25H. The van der Waals surface area contributed by atoms with Crippen molar-refractivity contribution in [2.24, 2.45) is 0 Å². The summed E-state index contributed by atoms with van der Waals surface area (Å²) in [5.41, 5.74) is 10.3. The summed E-state index contributed by atoms with van der Waals surface area (Å²) >= 11 is 0. The highest BCUT2D eigenvalue weighted by Gasteiger charge is 2.22. The molecule has 48 heavy (non-hydrogen) atoms. The molecule has 0 aliphatic rings. The maximum atomic E-state index is 6.57. The van der Waals surface area contributed by atoms with Crippen LogP contribution in [0.15, 0.2) is 156 Å². The maximum absolute atomic E-state index is 6.57. The van der Waals surface area contributed by atoms with Gasteiger partial charge in [-0.2, -0.15) is 0 Å². The molecule has 0 atom stereocenters. The third kappa shape index (κ3) is 3.49. The van der Waals surface area contributed by atoms with Crippen molar-refractivity contribution < 1.29 is 4.42 Å². The van der Waals surface area contributed by atoms with Crippen molar-refractivity contribution in [3.8, 4) is 33.9 Å². The van der Waals surface area contributed by atoms with Crippen LogP contribution in [0.1, 0.15) is 0 Å². The molecule has 222 valence electrons. The van der Waals surface area contributed by atoms with E-state index in [1.54, 1.807) is 0 Å². The molecule has 0 radical (unpaired) electrons. The number of para-hydroxylation sites is 2. The second-order valence-corrected chi connectivity index (χ2v) is 12.6. The fourth-order valence-corrected chi connectivity index (χ4v) is 7.81. The summed E-state index contributed by atoms with van der Waals surface area (Å²) in [6.45, 7) is 0. The molecule has 4 heteroatoms. The van der Waals surface area contributed by atoms with Crippen molar-refractivity contribution >= 4 is 70.8 Å². The first kappa shape index (κ1) is 25.6. The number of aromatic nitrogens is 3. The molecule has 0 bridgehead atoms. The van der Waals surface area contributed by atoms with Crippen molar-refractivity contribution in [3.63, 3.8) is 0 Å². The zero-order chi connectivity index (χ0) is 31.3. The Morgan fingerprint density at radius 1 is 0.417 bits per heavy atom. The summed E-state index contributed by atoms with van der Waals surface area (Å²) in [4.78, 5) is 10.3. The molecule has 0 spiro atoms. The first-order valence-electron chi connectivity index (χ1n) is 16.3. The maximum Gasteiger partial charge on any atom is 0.160 e. The zero-order valence-corrected chi connectivity index (χ0v) is 25.7. The van der Waals surface area contributed by atoms with Crippen LogP contribution in [0.3, 0.4) is 0 Å². The molecule has 0 fully saturated rings. The van der Waals surface area contributed by atoms with Gasteiger partial charge in [0.25, 0.3) is 0 Å². The van der Waals surface area contributed by atoms with Crippen LogP contribution in [-0.4, -0.2) is 14.4 Å². The third-order valence-electron chi connectivity index (χ3n) is 9.92. The first-order valence-corrected chi connectivity index (χ1v) is 16.3. The lowest BCUT2D eigenvalue weighted by atomic mass is 9.99. The second kappa shape index (κ2) is 9.50. The zero-order valence-electron chi connectivity index (χ0n) is 25.7. The lowest BCUT2D eigenvalue weighted by Gasteiger charge is -2.09. The van der Waals surface area contributed by atoms with E-state index in [-0.39, 0.29) is 0 Å². The van der Waals surface area contributed by atoms with E-state index >= 15 is 0 Å². The van der Waals surface area contributed by atoms with E-state index in [0.717, 1.165) is 50.0 Å². The van der Waals surface area contributed by atoms with Crippen molar-refractivity contribution in [2.45, 2.75) is 0 Å². The molecule has 0 aliphatic heterocycles. The lowest BCUT2D eigenvalue weighted by Crippen LogP contribution is -1.95. The highest BCUT2D eigenvalue weighted by atomic mass is 16.3. The number of rotatable bonds is 3. The van der Waals surface area contributed by atoms with Gasteiger partial charge in [0.05, 0.1) is 27.9 Å². The largest absolute Gasteiger partial charge is 0.456 e. The average molecular weight is 612 g/mol. The fraction of sp³-hybridized carbons (Fsp3) is 0. The van der Waals surface area contributed by atoms with E-state index in [2.05, 4.69) is 120 Å². The molecule has 11 aromatic rings. The van der Waals surface area contributed by atoms with Crippen molar-refractivity contribution in [3.05, 3.63) is 152 Å². The van der Waals surface area contributed by atoms with Crippen molar-refractivity contribution in [1.82, 2.24) is 14.4 Å². The van der Waals surface area contributed by atoms with Crippen LogP contribution in [0.2, 0.25) is 0 Å². The molecular formula is C44H25N3O. The Bertz CT molecular complexity index is 2990. The van der Waals surface area contributed by atoms with Gasteiger partial charge < -0.3 is 8.82 Å². The smallest absolute Gasteiger partial charge is 0.160 e. The van der Waals surface area contributed by atoms with Gasteiger partial charge in [0, 0.05) is 54.4 Å². The number of hydrogen-bond donors (Lipinski definition) is 0. The van der Waals surface area contributed by atoms with E-state index in [1.165, 1.54) is 48.9 Å². The van der Waals surface area contributed by atoms with Crippen LogP contribution in [0, 0.1) is 0 Å². The Labute approximate surface area is 274 Å². The predicted octanol–water partition coefficient (Wildman–Crippen LogP) is 11.7. The van der Waals surface area contributed by atoms with Crippen molar-refractivity contribution in [2.75, 3.05) is 0 Å². The van der Waals surface area contributed by atoms with E-state index in [1.807, 2.05) is 36.4 Å². The summed E-state index contributed by atoms with van der Waals surface area (Å²) in [5.74, 6) is 0.683. The first-order chi connectivity index (χ1) is 23.8. The highest BCUT2D eigenvalue weighted by Crippen LogP contribution is 2.45. The second-order valence-electron chi connectivity index (χ2n) is 12.6. The average Bonchev–Trinajstić information content (AvgIpc) is 3.82. The number of nitrogens with zero attached hydrogens (tertiary/aromatic N) is 3. The van der Waals surface area contributed by atoms with Gasteiger partial charge in [-0.15, -0.1) is 0 Å². The molecule has 0 N–H and O–H groups in total. The molecular weight excluding hydrogens is 587 g/mol. The quantitative estimate of drug-likeness (QED) is 0.200. The molecule has 4 nitrogen and oxygen atoms in total. The Morgan fingerprint density at radius 2 is 1.04 bits per heavy atom. The normalized spacial score (nSPS) is 12.2. The van der Waals surface area contributed by atoms with Gasteiger partial charge in [-0.05, 0) is 41.8 Å². The Morgan fingerprint density at radius 3 is 1.81 bits per heavy atom. The summed E-state index contributed by atoms with van der Waals surface area (Å²) in [5, 5.41) is 9.62. The van der Waals surface area contributed by atoms with Gasteiger partial charge in [-0.25, -0.2) is 9.97 Å². The fourth-order valence-electron chi connectivity index (χ4n) is 7.81. The molecule has 0 saturated heterocycles. The van der Waals surface area contributed by atoms with Crippen LogP contribution in [0.25, 0.3) is 105 Å². The third-order valence-corrected chi connectivity index (χ3v) is 9.92. The highest BCUT2D eigenvalue weighted by molar-refractivity contribution is 6.33. The van der Waals surface area contributed by atoms with Gasteiger partial charge in [-0.1, -0.05) is 115 Å². The van der Waals surface area contributed by atoms with E-state index < -0.39 is 0 Å². The lowest BCUT2D eigenvalue weighted by molar-refractivity contribution is 0.669. The van der Waals surface area contributed by atoms with Crippen LogP contribution >= 0.6 is 0 Å². The number of hydrogen-bond acceptors (Lipinski definition) is 3. The molecule has 4 heterocycles. The van der Waals surface area contributed by atoms with E-state index in [9.17, 15) is 0 Å². The van der Waals surface area contributed by atoms with Gasteiger partial charge in [0.15, 0.2) is 5.82 Å². The van der Waals surface area contributed by atoms with Crippen LogP contribution in [0.5, 0.6) is 0 Å². The van der Waals surface area contributed by atoms with Gasteiger partial charge in [-0.3, -0.25) is 0 Å². The summed E-state index contributed by atoms with van der Waals surface area (Å²) in [6, 6.07) is 53.3. The Kier molecular flexibility index (Phi) is 5.08. The Hall–Kier alpha value is -6.52. The monoisotopic (exact) mass is 611 g/mol. The van der Waals surface area contributed by atoms with Crippen LogP contribution in [0.4, 0.5) is 0 Å².